The van der Waals surface area contributed by atoms with Crippen LogP contribution in [0.3, 0.4) is 0 Å². The minimum absolute atomic E-state index is 0.0243. The Morgan fingerprint density at radius 2 is 2.17 bits per heavy atom. The van der Waals surface area contributed by atoms with Crippen molar-refractivity contribution in [1.82, 2.24) is 4.98 Å². The van der Waals surface area contributed by atoms with Crippen molar-refractivity contribution in [3.05, 3.63) is 35.3 Å². The number of nitrogens with zero attached hydrogens (tertiary/aromatic N) is 2. The van der Waals surface area contributed by atoms with Gasteiger partial charge in [-0.3, -0.25) is 0 Å². The SMILES string of the molecule is N#Cc1[nH]c2ccccc2[n+]1[O-]. The van der Waals surface area contributed by atoms with Crippen molar-refractivity contribution in [1.29, 1.82) is 5.26 Å². The average molecular weight is 159 g/mol. The first-order valence-electron chi connectivity index (χ1n) is 3.43. The number of nitrogens with one attached hydrogen (secondary N) is 1. The molecular weight excluding hydrogens is 154 g/mol. The third-order valence-corrected chi connectivity index (χ3v) is 1.68. The summed E-state index contributed by atoms with van der Waals surface area (Å²) >= 11 is 0. The molecule has 0 aliphatic heterocycles. The maximum absolute atomic E-state index is 11.2. The minimum atomic E-state index is 0.0243. The predicted molar refractivity (Wildman–Crippen MR) is 42.0 cm³/mol. The van der Waals surface area contributed by atoms with Gasteiger partial charge >= 0.3 is 5.82 Å². The lowest BCUT2D eigenvalue weighted by Gasteiger charge is -1.95. The normalized spacial score (nSPS) is 9.92. The summed E-state index contributed by atoms with van der Waals surface area (Å²) in [6.07, 6.45) is 0. The van der Waals surface area contributed by atoms with E-state index in [9.17, 15) is 5.21 Å². The van der Waals surface area contributed by atoms with Crippen molar-refractivity contribution in [3.63, 3.8) is 0 Å². The number of hydrogen-bond donors (Lipinski definition) is 1. The van der Waals surface area contributed by atoms with E-state index in [4.69, 9.17) is 5.26 Å². The second-order valence-electron chi connectivity index (χ2n) is 2.40. The number of benzene rings is 1. The molecule has 0 saturated carbocycles. The summed E-state index contributed by atoms with van der Waals surface area (Å²) in [5.41, 5.74) is 1.18. The van der Waals surface area contributed by atoms with Crippen molar-refractivity contribution in [2.45, 2.75) is 0 Å². The molecule has 4 heteroatoms. The summed E-state index contributed by atoms with van der Waals surface area (Å²) in [6.45, 7) is 0. The molecule has 1 N–H and O–H groups in total. The molecule has 0 atom stereocenters. The summed E-state index contributed by atoms with van der Waals surface area (Å²) in [5, 5.41) is 19.7. The highest BCUT2D eigenvalue weighted by atomic mass is 16.5. The van der Waals surface area contributed by atoms with Gasteiger partial charge in [0.2, 0.25) is 0 Å². The van der Waals surface area contributed by atoms with Crippen LogP contribution in [-0.4, -0.2) is 4.98 Å². The van der Waals surface area contributed by atoms with Gasteiger partial charge in [0.25, 0.3) is 0 Å². The molecule has 58 valence electrons. The summed E-state index contributed by atoms with van der Waals surface area (Å²) < 4.78 is 0.593. The van der Waals surface area contributed by atoms with E-state index in [1.807, 2.05) is 0 Å². The van der Waals surface area contributed by atoms with Gasteiger partial charge < -0.3 is 5.21 Å². The van der Waals surface area contributed by atoms with Gasteiger partial charge in [-0.05, 0) is 12.1 Å². The van der Waals surface area contributed by atoms with Crippen LogP contribution in [0, 0.1) is 16.5 Å². The highest BCUT2D eigenvalue weighted by Crippen LogP contribution is 2.06. The van der Waals surface area contributed by atoms with Gasteiger partial charge in [0, 0.05) is 0 Å². The Hall–Kier alpha value is -2.02. The van der Waals surface area contributed by atoms with Gasteiger partial charge in [0.05, 0.1) is 0 Å². The first-order valence-corrected chi connectivity index (χ1v) is 3.43. The Bertz CT molecular complexity index is 467. The van der Waals surface area contributed by atoms with E-state index in [0.717, 1.165) is 0 Å². The zero-order chi connectivity index (χ0) is 8.55. The highest BCUT2D eigenvalue weighted by molar-refractivity contribution is 5.71. The number of H-pyrrole nitrogens is 1. The molecule has 1 heterocycles. The molecule has 0 aliphatic carbocycles. The molecule has 0 radical (unpaired) electrons. The highest BCUT2D eigenvalue weighted by Gasteiger charge is 2.10. The number of rotatable bonds is 0. The van der Waals surface area contributed by atoms with E-state index in [1.165, 1.54) is 0 Å². The Morgan fingerprint density at radius 1 is 1.42 bits per heavy atom. The molecule has 0 aliphatic rings. The molecule has 0 spiro atoms. The molecule has 0 amide bonds. The molecule has 1 aromatic heterocycles. The third-order valence-electron chi connectivity index (χ3n) is 1.68. The molecule has 0 saturated heterocycles. The number of para-hydroxylation sites is 2. The van der Waals surface area contributed by atoms with Crippen LogP contribution in [0.25, 0.3) is 11.0 Å². The van der Waals surface area contributed by atoms with Crippen molar-refractivity contribution in [3.8, 4) is 6.07 Å². The van der Waals surface area contributed by atoms with Crippen LogP contribution in [0.2, 0.25) is 0 Å². The number of hydrogen-bond acceptors (Lipinski definition) is 2. The Balaban J connectivity index is 2.90. The zero-order valence-corrected chi connectivity index (χ0v) is 6.11. The molecule has 0 fully saturated rings. The van der Waals surface area contributed by atoms with Gasteiger partial charge in [0.1, 0.15) is 0 Å². The van der Waals surface area contributed by atoms with E-state index in [2.05, 4.69) is 4.98 Å². The fraction of sp³-hybridized carbons (Fsp3) is 0. The monoisotopic (exact) mass is 159 g/mol. The van der Waals surface area contributed by atoms with Crippen LogP contribution in [0.4, 0.5) is 0 Å². The number of imidazole rings is 1. The lowest BCUT2D eigenvalue weighted by Crippen LogP contribution is -2.27. The van der Waals surface area contributed by atoms with Gasteiger partial charge in [0.15, 0.2) is 17.1 Å². The maximum atomic E-state index is 11.2. The van der Waals surface area contributed by atoms with Crippen LogP contribution in [0.1, 0.15) is 5.82 Å². The van der Waals surface area contributed by atoms with Crippen LogP contribution >= 0.6 is 0 Å². The lowest BCUT2D eigenvalue weighted by molar-refractivity contribution is -0.579. The first-order chi connectivity index (χ1) is 5.83. The Labute approximate surface area is 68.3 Å². The first kappa shape index (κ1) is 6.68. The molecular formula is C8H5N3O. The fourth-order valence-corrected chi connectivity index (χ4v) is 1.13. The van der Waals surface area contributed by atoms with Gasteiger partial charge in [-0.15, -0.1) is 0 Å². The van der Waals surface area contributed by atoms with Crippen LogP contribution in [-0.2, 0) is 0 Å². The van der Waals surface area contributed by atoms with Gasteiger partial charge in [-0.25, -0.2) is 9.71 Å². The lowest BCUT2D eigenvalue weighted by atomic mass is 10.3. The summed E-state index contributed by atoms with van der Waals surface area (Å²) in [5.74, 6) is 0.0243. The predicted octanol–water partition coefficient (Wildman–Crippen LogP) is 0.673. The number of fused-ring (bicyclic) bond motifs is 1. The molecule has 4 nitrogen and oxygen atoms in total. The molecule has 2 aromatic rings. The molecule has 0 bridgehead atoms. The molecule has 12 heavy (non-hydrogen) atoms. The Morgan fingerprint density at radius 3 is 2.83 bits per heavy atom. The Kier molecular flexibility index (Phi) is 1.25. The molecule has 0 unspecified atom stereocenters. The maximum Gasteiger partial charge on any atom is 0.363 e. The van der Waals surface area contributed by atoms with E-state index >= 15 is 0 Å². The second-order valence-corrected chi connectivity index (χ2v) is 2.40. The second kappa shape index (κ2) is 2.24. The van der Waals surface area contributed by atoms with Gasteiger partial charge in [-0.1, -0.05) is 12.1 Å². The fourth-order valence-electron chi connectivity index (χ4n) is 1.13. The number of aromatic nitrogens is 2. The van der Waals surface area contributed by atoms with Crippen LogP contribution in [0.5, 0.6) is 0 Å². The van der Waals surface area contributed by atoms with Crippen molar-refractivity contribution >= 4 is 11.0 Å². The topological polar surface area (TPSA) is 66.5 Å². The quantitative estimate of drug-likeness (QED) is 0.453. The number of nitriles is 1. The van der Waals surface area contributed by atoms with Gasteiger partial charge in [-0.2, -0.15) is 5.26 Å². The van der Waals surface area contributed by atoms with E-state index < -0.39 is 0 Å². The summed E-state index contributed by atoms with van der Waals surface area (Å²) in [7, 11) is 0. The number of aromatic amines is 1. The van der Waals surface area contributed by atoms with Crippen molar-refractivity contribution in [2.24, 2.45) is 0 Å². The molecule has 1 aromatic carbocycles. The van der Waals surface area contributed by atoms with Crippen molar-refractivity contribution in [2.75, 3.05) is 0 Å². The smallest absolute Gasteiger partial charge is 0.363 e. The van der Waals surface area contributed by atoms with Crippen LogP contribution < -0.4 is 4.73 Å². The standard InChI is InChI=1S/C8H5N3O/c9-5-8-10-6-3-1-2-4-7(6)11(8)12/h1-4,10H. The average Bonchev–Trinajstić information content (AvgIpc) is 2.44. The summed E-state index contributed by atoms with van der Waals surface area (Å²) in [6, 6.07) is 8.76. The molecule has 2 rings (SSSR count). The van der Waals surface area contributed by atoms with E-state index in [0.29, 0.717) is 15.8 Å². The van der Waals surface area contributed by atoms with Crippen LogP contribution in [0.15, 0.2) is 24.3 Å². The van der Waals surface area contributed by atoms with Crippen molar-refractivity contribution < 1.29 is 4.73 Å². The zero-order valence-electron chi connectivity index (χ0n) is 6.11. The summed E-state index contributed by atoms with van der Waals surface area (Å²) in [4.78, 5) is 2.70. The van der Waals surface area contributed by atoms with E-state index in [1.54, 1.807) is 30.3 Å². The third kappa shape index (κ3) is 0.736. The largest absolute Gasteiger partial charge is 0.710 e. The van der Waals surface area contributed by atoms with E-state index in [-0.39, 0.29) is 5.82 Å². The minimum Gasteiger partial charge on any atom is -0.710 e.